The van der Waals surface area contributed by atoms with Crippen molar-refractivity contribution in [3.05, 3.63) is 37.4 Å². The smallest absolute Gasteiger partial charge is 0.257 e. The highest BCUT2D eigenvalue weighted by molar-refractivity contribution is 14.1. The summed E-state index contributed by atoms with van der Waals surface area (Å²) in [5.41, 5.74) is 0.553. The van der Waals surface area contributed by atoms with Crippen LogP contribution in [-0.2, 0) is 6.42 Å². The van der Waals surface area contributed by atoms with Crippen molar-refractivity contribution in [1.29, 1.82) is 0 Å². The van der Waals surface area contributed by atoms with Crippen LogP contribution in [0.15, 0.2) is 18.2 Å². The molecule has 0 spiro atoms. The molecule has 1 heterocycles. The molecule has 2 aromatic rings. The van der Waals surface area contributed by atoms with E-state index in [1.165, 1.54) is 11.3 Å². The molecule has 18 heavy (non-hydrogen) atoms. The van der Waals surface area contributed by atoms with Gasteiger partial charge in [-0.25, -0.2) is 0 Å². The zero-order valence-electron chi connectivity index (χ0n) is 9.41. The topological polar surface area (TPSA) is 54.9 Å². The van der Waals surface area contributed by atoms with E-state index in [4.69, 9.17) is 11.6 Å². The first-order valence-electron chi connectivity index (χ1n) is 5.19. The van der Waals surface area contributed by atoms with Gasteiger partial charge in [-0.1, -0.05) is 29.9 Å². The molecule has 4 nitrogen and oxygen atoms in total. The van der Waals surface area contributed by atoms with E-state index in [0.29, 0.717) is 15.7 Å². The van der Waals surface area contributed by atoms with Gasteiger partial charge in [-0.05, 0) is 47.2 Å². The number of aromatic nitrogens is 2. The van der Waals surface area contributed by atoms with Crippen molar-refractivity contribution in [3.8, 4) is 0 Å². The first-order valence-corrected chi connectivity index (χ1v) is 7.46. The van der Waals surface area contributed by atoms with Gasteiger partial charge in [0, 0.05) is 9.13 Å². The minimum absolute atomic E-state index is 0.205. The molecule has 0 unspecified atom stereocenters. The van der Waals surface area contributed by atoms with Gasteiger partial charge in [-0.2, -0.15) is 0 Å². The van der Waals surface area contributed by atoms with E-state index in [2.05, 4.69) is 38.1 Å². The Bertz CT molecular complexity index is 587. The molecule has 0 fully saturated rings. The fourth-order valence-corrected chi connectivity index (χ4v) is 2.56. The summed E-state index contributed by atoms with van der Waals surface area (Å²) in [4.78, 5) is 12.0. The monoisotopic (exact) mass is 393 g/mol. The van der Waals surface area contributed by atoms with Gasteiger partial charge in [0.2, 0.25) is 5.13 Å². The predicted octanol–water partition coefficient (Wildman–Crippen LogP) is 3.61. The number of hydrogen-bond acceptors (Lipinski definition) is 4. The lowest BCUT2D eigenvalue weighted by molar-refractivity contribution is 0.102. The maximum absolute atomic E-state index is 12.0. The molecule has 0 atom stereocenters. The average molecular weight is 394 g/mol. The number of carbonyl (C=O) groups is 1. The summed E-state index contributed by atoms with van der Waals surface area (Å²) in [7, 11) is 0. The van der Waals surface area contributed by atoms with E-state index in [9.17, 15) is 4.79 Å². The molecule has 1 N–H and O–H groups in total. The van der Waals surface area contributed by atoms with Crippen molar-refractivity contribution in [2.45, 2.75) is 13.3 Å². The van der Waals surface area contributed by atoms with Crippen molar-refractivity contribution in [2.24, 2.45) is 0 Å². The van der Waals surface area contributed by atoms with Crippen LogP contribution in [0, 0.1) is 3.57 Å². The number of nitrogens with one attached hydrogen (secondary N) is 1. The number of hydrogen-bond donors (Lipinski definition) is 1. The molecule has 0 bridgehead atoms. The first kappa shape index (κ1) is 13.7. The van der Waals surface area contributed by atoms with Crippen LogP contribution < -0.4 is 5.32 Å². The summed E-state index contributed by atoms with van der Waals surface area (Å²) >= 11 is 9.38. The SMILES string of the molecule is CCc1nnc(NC(=O)c2ccc(Cl)c(I)c2)s1. The molecule has 0 radical (unpaired) electrons. The second kappa shape index (κ2) is 5.94. The average Bonchev–Trinajstić information content (AvgIpc) is 2.80. The molecule has 0 aliphatic heterocycles. The van der Waals surface area contributed by atoms with Crippen molar-refractivity contribution < 1.29 is 4.79 Å². The number of halogens is 2. The third-order valence-electron chi connectivity index (χ3n) is 2.17. The Hall–Kier alpha value is -0.730. The molecular formula is C11H9ClIN3OS. The van der Waals surface area contributed by atoms with E-state index < -0.39 is 0 Å². The zero-order valence-corrected chi connectivity index (χ0v) is 13.1. The van der Waals surface area contributed by atoms with Gasteiger partial charge in [0.25, 0.3) is 5.91 Å². The fourth-order valence-electron chi connectivity index (χ4n) is 1.25. The molecule has 1 aromatic heterocycles. The Labute approximate surface area is 127 Å². The summed E-state index contributed by atoms with van der Waals surface area (Å²) < 4.78 is 0.841. The molecule has 0 aliphatic carbocycles. The van der Waals surface area contributed by atoms with Crippen LogP contribution in [0.4, 0.5) is 5.13 Å². The largest absolute Gasteiger partial charge is 0.296 e. The molecule has 0 saturated heterocycles. The van der Waals surface area contributed by atoms with Crippen molar-refractivity contribution in [1.82, 2.24) is 10.2 Å². The predicted molar refractivity (Wildman–Crippen MR) is 81.4 cm³/mol. The number of rotatable bonds is 3. The van der Waals surface area contributed by atoms with Crippen LogP contribution in [0.25, 0.3) is 0 Å². The minimum atomic E-state index is -0.205. The standard InChI is InChI=1S/C11H9ClIN3OS/c1-2-9-15-16-11(18-9)14-10(17)6-3-4-7(12)8(13)5-6/h3-5H,2H2,1H3,(H,14,16,17). The maximum Gasteiger partial charge on any atom is 0.257 e. The van der Waals surface area contributed by atoms with Crippen LogP contribution in [0.3, 0.4) is 0 Å². The number of amides is 1. The Kier molecular flexibility index (Phi) is 4.52. The van der Waals surface area contributed by atoms with Crippen molar-refractivity contribution in [2.75, 3.05) is 5.32 Å². The van der Waals surface area contributed by atoms with E-state index in [1.54, 1.807) is 18.2 Å². The summed E-state index contributed by atoms with van der Waals surface area (Å²) in [5, 5.41) is 12.6. The molecule has 1 amide bonds. The number of carbonyl (C=O) groups excluding carboxylic acids is 1. The normalized spacial score (nSPS) is 10.4. The Balaban J connectivity index is 2.14. The van der Waals surface area contributed by atoms with Gasteiger partial charge in [0.15, 0.2) is 0 Å². The van der Waals surface area contributed by atoms with Crippen LogP contribution in [-0.4, -0.2) is 16.1 Å². The van der Waals surface area contributed by atoms with Crippen LogP contribution in [0.2, 0.25) is 5.02 Å². The molecule has 7 heteroatoms. The lowest BCUT2D eigenvalue weighted by Crippen LogP contribution is -2.11. The van der Waals surface area contributed by atoms with Crippen molar-refractivity contribution in [3.63, 3.8) is 0 Å². The van der Waals surface area contributed by atoms with Gasteiger partial charge in [0.05, 0.1) is 5.02 Å². The third kappa shape index (κ3) is 3.18. The van der Waals surface area contributed by atoms with E-state index in [1.807, 2.05) is 6.92 Å². The molecule has 2 rings (SSSR count). The number of nitrogens with zero attached hydrogens (tertiary/aromatic N) is 2. The summed E-state index contributed by atoms with van der Waals surface area (Å²) in [6.07, 6.45) is 0.812. The zero-order chi connectivity index (χ0) is 13.1. The Morgan fingerprint density at radius 3 is 2.89 bits per heavy atom. The fraction of sp³-hybridized carbons (Fsp3) is 0.182. The lowest BCUT2D eigenvalue weighted by atomic mass is 10.2. The van der Waals surface area contributed by atoms with Crippen molar-refractivity contribution >= 4 is 56.6 Å². The molecular weight excluding hydrogens is 385 g/mol. The summed E-state index contributed by atoms with van der Waals surface area (Å²) in [6, 6.07) is 5.12. The lowest BCUT2D eigenvalue weighted by Gasteiger charge is -2.02. The van der Waals surface area contributed by atoms with Gasteiger partial charge < -0.3 is 0 Å². The first-order chi connectivity index (χ1) is 8.60. The van der Waals surface area contributed by atoms with Gasteiger partial charge >= 0.3 is 0 Å². The highest BCUT2D eigenvalue weighted by Crippen LogP contribution is 2.21. The quantitative estimate of drug-likeness (QED) is 0.811. The number of benzene rings is 1. The molecule has 0 aliphatic rings. The van der Waals surface area contributed by atoms with Crippen LogP contribution in [0.1, 0.15) is 22.3 Å². The second-order valence-electron chi connectivity index (χ2n) is 3.44. The van der Waals surface area contributed by atoms with Gasteiger partial charge in [-0.15, -0.1) is 10.2 Å². The maximum atomic E-state index is 12.0. The molecule has 94 valence electrons. The van der Waals surface area contributed by atoms with E-state index >= 15 is 0 Å². The Morgan fingerprint density at radius 1 is 1.50 bits per heavy atom. The number of anilines is 1. The van der Waals surface area contributed by atoms with E-state index in [0.717, 1.165) is 15.0 Å². The number of aryl methyl sites for hydroxylation is 1. The van der Waals surface area contributed by atoms with Crippen LogP contribution >= 0.6 is 45.5 Å². The molecule has 0 saturated carbocycles. The summed E-state index contributed by atoms with van der Waals surface area (Å²) in [6.45, 7) is 1.99. The second-order valence-corrected chi connectivity index (χ2v) is 6.07. The highest BCUT2D eigenvalue weighted by Gasteiger charge is 2.10. The van der Waals surface area contributed by atoms with Gasteiger partial charge in [-0.3, -0.25) is 10.1 Å². The minimum Gasteiger partial charge on any atom is -0.296 e. The third-order valence-corrected chi connectivity index (χ3v) is 4.70. The van der Waals surface area contributed by atoms with Crippen LogP contribution in [0.5, 0.6) is 0 Å². The summed E-state index contributed by atoms with van der Waals surface area (Å²) in [5.74, 6) is -0.205. The molecule has 1 aromatic carbocycles. The van der Waals surface area contributed by atoms with Gasteiger partial charge in [0.1, 0.15) is 5.01 Å². The highest BCUT2D eigenvalue weighted by atomic mass is 127. The van der Waals surface area contributed by atoms with E-state index in [-0.39, 0.29) is 5.91 Å². The Morgan fingerprint density at radius 2 is 2.28 bits per heavy atom.